The molecule has 0 radical (unpaired) electrons. The first-order valence-electron chi connectivity index (χ1n) is 18.4. The molecule has 10 heteroatoms. The third kappa shape index (κ3) is 32.7. The number of phosphoric ester groups is 1. The van der Waals surface area contributed by atoms with Gasteiger partial charge in [0.05, 0.1) is 27.7 Å². The van der Waals surface area contributed by atoms with Crippen LogP contribution in [0.5, 0.6) is 0 Å². The molecule has 272 valence electrons. The zero-order valence-corrected chi connectivity index (χ0v) is 31.2. The van der Waals surface area contributed by atoms with Crippen LogP contribution in [0.3, 0.4) is 0 Å². The van der Waals surface area contributed by atoms with Crippen molar-refractivity contribution in [3.63, 3.8) is 0 Å². The average Bonchev–Trinajstić information content (AvgIpc) is 2.99. The summed E-state index contributed by atoms with van der Waals surface area (Å²) in [6, 6.07) is 0. The number of carbonyl (C=O) groups excluding carboxylic acids is 2. The monoisotopic (exact) mass is 676 g/mol. The van der Waals surface area contributed by atoms with Crippen molar-refractivity contribution in [1.82, 2.24) is 0 Å². The molecule has 2 atom stereocenters. The van der Waals surface area contributed by atoms with Gasteiger partial charge in [0.1, 0.15) is 19.8 Å². The number of esters is 2. The van der Waals surface area contributed by atoms with Crippen LogP contribution in [0.15, 0.2) is 12.2 Å². The van der Waals surface area contributed by atoms with E-state index in [9.17, 15) is 19.0 Å². The molecule has 0 rings (SSSR count). The van der Waals surface area contributed by atoms with E-state index in [1.807, 2.05) is 21.1 Å². The Bertz CT molecular complexity index is 814. The minimum absolute atomic E-state index is 0.0338. The summed E-state index contributed by atoms with van der Waals surface area (Å²) in [5, 5.41) is 0. The second-order valence-electron chi connectivity index (χ2n) is 13.6. The fourth-order valence-corrected chi connectivity index (χ4v) is 5.56. The van der Waals surface area contributed by atoms with Crippen molar-refractivity contribution in [2.24, 2.45) is 0 Å². The molecule has 0 fully saturated rings. The lowest BCUT2D eigenvalue weighted by Gasteiger charge is -2.24. The minimum atomic E-state index is -4.35. The van der Waals surface area contributed by atoms with Gasteiger partial charge in [0, 0.05) is 12.8 Å². The Labute approximate surface area is 282 Å². The number of ether oxygens (including phenoxy) is 2. The second-order valence-corrected chi connectivity index (χ2v) is 15.1. The number of quaternary nitrogens is 1. The highest BCUT2D eigenvalue weighted by atomic mass is 31.2. The van der Waals surface area contributed by atoms with Gasteiger partial charge in [0.15, 0.2) is 6.10 Å². The van der Waals surface area contributed by atoms with Gasteiger partial charge in [0.2, 0.25) is 0 Å². The molecule has 0 saturated carbocycles. The Kier molecular flexibility index (Phi) is 29.0. The Morgan fingerprint density at radius 2 is 1.13 bits per heavy atom. The molecule has 0 aromatic carbocycles. The van der Waals surface area contributed by atoms with Gasteiger partial charge in [-0.3, -0.25) is 18.6 Å². The lowest BCUT2D eigenvalue weighted by atomic mass is 10.1. The summed E-state index contributed by atoms with van der Waals surface area (Å²) in [7, 11) is 1.48. The first kappa shape index (κ1) is 44.8. The molecule has 9 nitrogen and oxygen atoms in total. The first-order valence-corrected chi connectivity index (χ1v) is 19.9. The van der Waals surface area contributed by atoms with E-state index in [-0.39, 0.29) is 32.0 Å². The van der Waals surface area contributed by atoms with Gasteiger partial charge in [-0.15, -0.1) is 0 Å². The Morgan fingerprint density at radius 3 is 1.67 bits per heavy atom. The lowest BCUT2D eigenvalue weighted by Crippen LogP contribution is -2.37. The molecule has 46 heavy (non-hydrogen) atoms. The largest absolute Gasteiger partial charge is 0.472 e. The highest BCUT2D eigenvalue weighted by Gasteiger charge is 2.27. The summed E-state index contributed by atoms with van der Waals surface area (Å²) < 4.78 is 34.0. The normalized spacial score (nSPS) is 14.0. The molecule has 0 spiro atoms. The first-order chi connectivity index (χ1) is 22.0. The van der Waals surface area contributed by atoms with Crippen LogP contribution >= 0.6 is 7.82 Å². The third-order valence-corrected chi connectivity index (χ3v) is 8.78. The second kappa shape index (κ2) is 29.9. The molecular weight excluding hydrogens is 605 g/mol. The predicted molar refractivity (Wildman–Crippen MR) is 188 cm³/mol. The Balaban J connectivity index is 4.34. The zero-order chi connectivity index (χ0) is 34.4. The van der Waals surface area contributed by atoms with Crippen molar-refractivity contribution >= 4 is 19.8 Å². The maximum absolute atomic E-state index is 12.5. The topological polar surface area (TPSA) is 108 Å². The molecule has 0 aromatic rings. The molecule has 0 saturated heterocycles. The molecule has 1 N–H and O–H groups in total. The van der Waals surface area contributed by atoms with Crippen molar-refractivity contribution in [3.05, 3.63) is 12.2 Å². The SMILES string of the molecule is CCCC/C=C/CCCCCCCCCCCC(=O)OC[C@@H](COP(=O)(O)OCC[N+](C)(C)C)OC(=O)CCCCCCCCC. The fourth-order valence-electron chi connectivity index (χ4n) is 4.82. The van der Waals surface area contributed by atoms with Gasteiger partial charge in [-0.25, -0.2) is 4.57 Å². The van der Waals surface area contributed by atoms with Gasteiger partial charge in [0.25, 0.3) is 0 Å². The van der Waals surface area contributed by atoms with Crippen molar-refractivity contribution in [2.75, 3.05) is 47.5 Å². The van der Waals surface area contributed by atoms with E-state index in [0.717, 1.165) is 38.5 Å². The van der Waals surface area contributed by atoms with Crippen LogP contribution in [-0.2, 0) is 32.7 Å². The smallest absolute Gasteiger partial charge is 0.462 e. The third-order valence-electron chi connectivity index (χ3n) is 7.80. The Morgan fingerprint density at radius 1 is 0.652 bits per heavy atom. The van der Waals surface area contributed by atoms with Gasteiger partial charge in [-0.2, -0.15) is 0 Å². The maximum Gasteiger partial charge on any atom is 0.472 e. The molecule has 0 aromatic heterocycles. The highest BCUT2D eigenvalue weighted by Crippen LogP contribution is 2.43. The quantitative estimate of drug-likeness (QED) is 0.0241. The minimum Gasteiger partial charge on any atom is -0.462 e. The number of allylic oxidation sites excluding steroid dienone is 2. The van der Waals surface area contributed by atoms with Gasteiger partial charge >= 0.3 is 19.8 Å². The predicted octanol–water partition coefficient (Wildman–Crippen LogP) is 9.46. The number of unbranched alkanes of at least 4 members (excludes halogenated alkanes) is 17. The van der Waals surface area contributed by atoms with Gasteiger partial charge in [-0.1, -0.05) is 122 Å². The van der Waals surface area contributed by atoms with Crippen molar-refractivity contribution in [1.29, 1.82) is 0 Å². The number of carbonyl (C=O) groups is 2. The maximum atomic E-state index is 12.5. The highest BCUT2D eigenvalue weighted by molar-refractivity contribution is 7.47. The van der Waals surface area contributed by atoms with Crippen LogP contribution in [-0.4, -0.2) is 74.9 Å². The van der Waals surface area contributed by atoms with Crippen LogP contribution in [0.4, 0.5) is 0 Å². The van der Waals surface area contributed by atoms with E-state index in [1.165, 1.54) is 83.5 Å². The van der Waals surface area contributed by atoms with E-state index in [0.29, 0.717) is 17.4 Å². The van der Waals surface area contributed by atoms with Crippen LogP contribution in [0.25, 0.3) is 0 Å². The molecule has 0 aliphatic carbocycles. The molecule has 0 aliphatic heterocycles. The number of nitrogens with zero attached hydrogens (tertiary/aromatic N) is 1. The van der Waals surface area contributed by atoms with E-state index in [2.05, 4.69) is 26.0 Å². The Hall–Kier alpha value is -1.25. The number of likely N-dealkylation sites (N-methyl/N-ethyl adjacent to an activating group) is 1. The molecular formula is C36H71NO8P+. The van der Waals surface area contributed by atoms with Crippen molar-refractivity contribution < 1.29 is 42.1 Å². The average molecular weight is 677 g/mol. The summed E-state index contributed by atoms with van der Waals surface area (Å²) in [6.07, 6.45) is 27.0. The van der Waals surface area contributed by atoms with E-state index in [1.54, 1.807) is 0 Å². The summed E-state index contributed by atoms with van der Waals surface area (Å²) >= 11 is 0. The van der Waals surface area contributed by atoms with Crippen molar-refractivity contribution in [2.45, 2.75) is 161 Å². The number of hydrogen-bond donors (Lipinski definition) is 1. The van der Waals surface area contributed by atoms with Crippen molar-refractivity contribution in [3.8, 4) is 0 Å². The van der Waals surface area contributed by atoms with Crippen LogP contribution in [0.1, 0.15) is 155 Å². The lowest BCUT2D eigenvalue weighted by molar-refractivity contribution is -0.870. The van der Waals surface area contributed by atoms with Gasteiger partial charge in [-0.05, 0) is 32.1 Å². The molecule has 0 bridgehead atoms. The number of phosphoric acid groups is 1. The summed E-state index contributed by atoms with van der Waals surface area (Å²) in [4.78, 5) is 35.0. The van der Waals surface area contributed by atoms with E-state index in [4.69, 9.17) is 18.5 Å². The standard InChI is InChI=1S/C36H70NO8P/c1-6-8-10-12-14-15-16-17-18-19-20-21-23-24-26-28-35(38)42-32-34(33-44-46(40,41)43-31-30-37(3,4)5)45-36(39)29-27-25-22-13-11-9-7-2/h12,14,34H,6-11,13,15-33H2,1-5H3/p+1/b14-12+/t34-/m0/s1. The molecule has 1 unspecified atom stereocenters. The summed E-state index contributed by atoms with van der Waals surface area (Å²) in [6.45, 7) is 4.33. The number of rotatable bonds is 33. The van der Waals surface area contributed by atoms with Crippen LogP contribution in [0.2, 0.25) is 0 Å². The zero-order valence-electron chi connectivity index (χ0n) is 30.3. The van der Waals surface area contributed by atoms with Gasteiger partial charge < -0.3 is 18.9 Å². The van der Waals surface area contributed by atoms with Crippen LogP contribution < -0.4 is 0 Å². The summed E-state index contributed by atoms with van der Waals surface area (Å²) in [5.74, 6) is -0.806. The van der Waals surface area contributed by atoms with Crippen LogP contribution in [0, 0.1) is 0 Å². The van der Waals surface area contributed by atoms with E-state index < -0.39 is 26.5 Å². The van der Waals surface area contributed by atoms with E-state index >= 15 is 0 Å². The molecule has 0 amide bonds. The number of hydrogen-bond acceptors (Lipinski definition) is 7. The fraction of sp³-hybridized carbons (Fsp3) is 0.889. The summed E-state index contributed by atoms with van der Waals surface area (Å²) in [5.41, 5.74) is 0. The molecule has 0 aliphatic rings. The molecule has 0 heterocycles.